The summed E-state index contributed by atoms with van der Waals surface area (Å²) in [7, 11) is 0. The first kappa shape index (κ1) is 17.7. The van der Waals surface area contributed by atoms with Crippen molar-refractivity contribution in [2.75, 3.05) is 13.2 Å². The van der Waals surface area contributed by atoms with E-state index in [-0.39, 0.29) is 13.1 Å². The second kappa shape index (κ2) is 8.84. The van der Waals surface area contributed by atoms with Crippen molar-refractivity contribution in [1.29, 1.82) is 0 Å². The fraction of sp³-hybridized carbons (Fsp3) is 0.625. The lowest BCUT2D eigenvalue weighted by molar-refractivity contribution is -0.366. The monoisotopic (exact) mass is 344 g/mol. The first-order chi connectivity index (χ1) is 11.8. The predicted molar refractivity (Wildman–Crippen MR) is 83.4 cm³/mol. The Morgan fingerprint density at radius 3 is 2.62 bits per heavy atom. The Morgan fingerprint density at radius 2 is 2.00 bits per heavy atom. The van der Waals surface area contributed by atoms with Crippen molar-refractivity contribution >= 4 is 0 Å². The molecule has 1 aromatic carbocycles. The van der Waals surface area contributed by atoms with Crippen LogP contribution in [-0.4, -0.2) is 80.6 Å². The number of ether oxygens (including phenoxy) is 1. The van der Waals surface area contributed by atoms with Gasteiger partial charge in [0.05, 0.1) is 20.6 Å². The standard InChI is InChI=1S/C16H25NO7/c1-10(19)7-17(8-11-5-3-2-4-6-11)24-16-15(22)14(21)13(20)12(9-18)23-16/h2-6,10,12-16,18-22H,7-9H2,1H3/t10?,12-,13+,14+,15-,16?/m1/s1/i3D. The summed E-state index contributed by atoms with van der Waals surface area (Å²) in [4.78, 5) is 5.57. The fourth-order valence-corrected chi connectivity index (χ4v) is 2.47. The van der Waals surface area contributed by atoms with Crippen molar-refractivity contribution in [3.05, 3.63) is 35.9 Å². The molecule has 0 radical (unpaired) electrons. The van der Waals surface area contributed by atoms with Crippen LogP contribution >= 0.6 is 0 Å². The number of aliphatic hydroxyl groups excluding tert-OH is 5. The van der Waals surface area contributed by atoms with E-state index in [1.165, 1.54) is 5.06 Å². The highest BCUT2D eigenvalue weighted by Gasteiger charge is 2.45. The maximum absolute atomic E-state index is 10.1. The molecule has 0 aromatic heterocycles. The summed E-state index contributed by atoms with van der Waals surface area (Å²) in [6, 6.07) is 7.07. The van der Waals surface area contributed by atoms with Crippen molar-refractivity contribution in [2.45, 2.75) is 50.3 Å². The van der Waals surface area contributed by atoms with Gasteiger partial charge in [0.15, 0.2) is 0 Å². The number of hydroxylamine groups is 2. The quantitative estimate of drug-likeness (QED) is 0.383. The zero-order valence-corrected chi connectivity index (χ0v) is 13.4. The van der Waals surface area contributed by atoms with Crippen LogP contribution in [0.5, 0.6) is 0 Å². The van der Waals surface area contributed by atoms with Gasteiger partial charge in [-0.05, 0) is 12.5 Å². The number of benzene rings is 1. The molecule has 2 rings (SSSR count). The molecule has 8 nitrogen and oxygen atoms in total. The van der Waals surface area contributed by atoms with E-state index in [1.807, 2.05) is 0 Å². The van der Waals surface area contributed by atoms with E-state index in [9.17, 15) is 25.5 Å². The molecular weight excluding hydrogens is 318 g/mol. The topological polar surface area (TPSA) is 123 Å². The Balaban J connectivity index is 2.09. The Hall–Kier alpha value is -1.10. The van der Waals surface area contributed by atoms with Gasteiger partial charge >= 0.3 is 0 Å². The normalized spacial score (nSPS) is 32.6. The summed E-state index contributed by atoms with van der Waals surface area (Å²) >= 11 is 0. The van der Waals surface area contributed by atoms with Crippen LogP contribution in [0.25, 0.3) is 0 Å². The second-order valence-corrected chi connectivity index (χ2v) is 5.89. The molecule has 0 amide bonds. The average Bonchev–Trinajstić information content (AvgIpc) is 2.54. The Bertz CT molecular complexity index is 545. The number of hydrogen-bond donors (Lipinski definition) is 5. The molecule has 2 unspecified atom stereocenters. The van der Waals surface area contributed by atoms with E-state index in [1.54, 1.807) is 31.2 Å². The zero-order chi connectivity index (χ0) is 18.6. The Morgan fingerprint density at radius 1 is 1.25 bits per heavy atom. The molecule has 5 N–H and O–H groups in total. The van der Waals surface area contributed by atoms with Crippen molar-refractivity contribution in [1.82, 2.24) is 5.06 Å². The second-order valence-electron chi connectivity index (χ2n) is 5.89. The molecule has 1 aromatic rings. The molecule has 1 heterocycles. The van der Waals surface area contributed by atoms with Crippen molar-refractivity contribution in [3.63, 3.8) is 0 Å². The minimum absolute atomic E-state index is 0.0806. The fourth-order valence-electron chi connectivity index (χ4n) is 2.47. The maximum Gasteiger partial charge on any atom is 0.206 e. The molecule has 0 spiro atoms. The molecule has 1 saturated heterocycles. The summed E-state index contributed by atoms with van der Waals surface area (Å²) in [5, 5.41) is 49.9. The summed E-state index contributed by atoms with van der Waals surface area (Å²) in [5.41, 5.74) is 0.748. The van der Waals surface area contributed by atoms with Crippen LogP contribution < -0.4 is 0 Å². The number of nitrogens with zero attached hydrogens (tertiary/aromatic N) is 1. The van der Waals surface area contributed by atoms with E-state index in [0.29, 0.717) is 6.04 Å². The lowest BCUT2D eigenvalue weighted by Crippen LogP contribution is -2.60. The lowest BCUT2D eigenvalue weighted by Gasteiger charge is -2.41. The van der Waals surface area contributed by atoms with Crippen LogP contribution in [0, 0.1) is 0 Å². The molecule has 1 fully saturated rings. The summed E-state index contributed by atoms with van der Waals surface area (Å²) in [5.74, 6) is 0. The largest absolute Gasteiger partial charge is 0.394 e. The van der Waals surface area contributed by atoms with Gasteiger partial charge in [-0.15, -0.1) is 0 Å². The first-order valence-corrected chi connectivity index (χ1v) is 7.77. The highest BCUT2D eigenvalue weighted by molar-refractivity contribution is 5.14. The van der Waals surface area contributed by atoms with Crippen molar-refractivity contribution in [2.24, 2.45) is 0 Å². The average molecular weight is 344 g/mol. The van der Waals surface area contributed by atoms with Gasteiger partial charge in [0, 0.05) is 6.54 Å². The minimum Gasteiger partial charge on any atom is -0.394 e. The lowest BCUT2D eigenvalue weighted by atomic mass is 9.99. The van der Waals surface area contributed by atoms with Gasteiger partial charge in [-0.3, -0.25) is 4.84 Å². The predicted octanol–water partition coefficient (Wildman–Crippen LogP) is -1.40. The van der Waals surface area contributed by atoms with Gasteiger partial charge < -0.3 is 30.3 Å². The zero-order valence-electron chi connectivity index (χ0n) is 14.4. The third-order valence-corrected chi connectivity index (χ3v) is 3.70. The smallest absolute Gasteiger partial charge is 0.206 e. The van der Waals surface area contributed by atoms with Gasteiger partial charge in [-0.25, -0.2) is 0 Å². The first-order valence-electron chi connectivity index (χ1n) is 8.27. The number of aliphatic hydroxyl groups is 5. The maximum atomic E-state index is 10.1. The van der Waals surface area contributed by atoms with Crippen LogP contribution in [0.4, 0.5) is 0 Å². The van der Waals surface area contributed by atoms with Gasteiger partial charge in [-0.2, -0.15) is 5.06 Å². The van der Waals surface area contributed by atoms with E-state index in [0.717, 1.165) is 5.56 Å². The van der Waals surface area contributed by atoms with E-state index in [4.69, 9.17) is 10.9 Å². The molecule has 136 valence electrons. The van der Waals surface area contributed by atoms with Gasteiger partial charge in [0.1, 0.15) is 24.4 Å². The van der Waals surface area contributed by atoms with E-state index in [2.05, 4.69) is 0 Å². The molecule has 24 heavy (non-hydrogen) atoms. The van der Waals surface area contributed by atoms with Gasteiger partial charge in [0.2, 0.25) is 6.29 Å². The summed E-state index contributed by atoms with van der Waals surface area (Å²) in [6.45, 7) is 1.29. The van der Waals surface area contributed by atoms with Crippen molar-refractivity contribution in [3.8, 4) is 0 Å². The Kier molecular flexibility index (Phi) is 6.52. The number of rotatable bonds is 7. The molecular formula is C16H25NO7. The van der Waals surface area contributed by atoms with Crippen molar-refractivity contribution < 1.29 is 36.5 Å². The third-order valence-electron chi connectivity index (χ3n) is 3.70. The van der Waals surface area contributed by atoms with Gasteiger partial charge in [-0.1, -0.05) is 30.3 Å². The van der Waals surface area contributed by atoms with Crippen LogP contribution in [0.2, 0.25) is 0 Å². The highest BCUT2D eigenvalue weighted by atomic mass is 16.8. The SMILES string of the molecule is [2H]c1cccc(CN(CC(C)O)OC2O[C@H](CO)[C@H](O)[C@H](O)[C@H]2O)c1. The highest BCUT2D eigenvalue weighted by Crippen LogP contribution is 2.23. The molecule has 0 aliphatic carbocycles. The molecule has 8 heteroatoms. The Labute approximate surface area is 141 Å². The van der Waals surface area contributed by atoms with E-state index >= 15 is 0 Å². The van der Waals surface area contributed by atoms with Crippen LogP contribution in [0.1, 0.15) is 13.9 Å². The van der Waals surface area contributed by atoms with Gasteiger partial charge in [0.25, 0.3) is 0 Å². The minimum atomic E-state index is -1.54. The molecule has 0 saturated carbocycles. The third kappa shape index (κ3) is 4.95. The summed E-state index contributed by atoms with van der Waals surface area (Å²) in [6.07, 6.45) is -7.69. The summed E-state index contributed by atoms with van der Waals surface area (Å²) < 4.78 is 13.0. The van der Waals surface area contributed by atoms with Crippen LogP contribution in [-0.2, 0) is 16.1 Å². The molecule has 0 bridgehead atoms. The van der Waals surface area contributed by atoms with Crippen LogP contribution in [0.15, 0.2) is 30.3 Å². The van der Waals surface area contributed by atoms with Crippen LogP contribution in [0.3, 0.4) is 0 Å². The van der Waals surface area contributed by atoms with E-state index < -0.39 is 43.4 Å². The molecule has 1 aliphatic heterocycles. The molecule has 6 atom stereocenters. The molecule has 1 aliphatic rings. The number of hydrogen-bond acceptors (Lipinski definition) is 8.